The predicted octanol–water partition coefficient (Wildman–Crippen LogP) is 4.33. The van der Waals surface area contributed by atoms with Crippen LogP contribution in [0.2, 0.25) is 0 Å². The highest BCUT2D eigenvalue weighted by Crippen LogP contribution is 2.49. The maximum absolute atomic E-state index is 6.65. The number of hydrazone groups is 1. The molecule has 5 rings (SSSR count). The number of hydrogen-bond donors (Lipinski definition) is 0. The lowest BCUT2D eigenvalue weighted by Crippen LogP contribution is -2.59. The molecule has 4 heterocycles. The number of ether oxygens (including phenoxy) is 1. The molecule has 142 valence electrons. The first-order valence-corrected chi connectivity index (χ1v) is 10.1. The Morgan fingerprint density at radius 3 is 2.70 bits per heavy atom. The SMILES string of the molecule is CCCN1CCC2(CC1)Oc1ccccc1[C@H]1CC(c3ccc(C)o3)=NN12. The summed E-state index contributed by atoms with van der Waals surface area (Å²) in [6, 6.07) is 12.7. The molecule has 1 atom stereocenters. The molecule has 2 aromatic rings. The van der Waals surface area contributed by atoms with Gasteiger partial charge in [-0.3, -0.25) is 0 Å². The van der Waals surface area contributed by atoms with Crippen LogP contribution in [-0.2, 0) is 0 Å². The fraction of sp³-hybridized carbons (Fsp3) is 0.500. The van der Waals surface area contributed by atoms with Crippen molar-refractivity contribution < 1.29 is 9.15 Å². The van der Waals surface area contributed by atoms with Gasteiger partial charge in [0.05, 0.1) is 6.04 Å². The zero-order valence-electron chi connectivity index (χ0n) is 16.1. The minimum atomic E-state index is -0.341. The summed E-state index contributed by atoms with van der Waals surface area (Å²) in [6.45, 7) is 7.51. The highest BCUT2D eigenvalue weighted by atomic mass is 16.5. The van der Waals surface area contributed by atoms with Crippen LogP contribution < -0.4 is 4.74 Å². The summed E-state index contributed by atoms with van der Waals surface area (Å²) in [5.41, 5.74) is 1.93. The van der Waals surface area contributed by atoms with Crippen molar-refractivity contribution in [2.24, 2.45) is 5.10 Å². The number of likely N-dealkylation sites (tertiary alicyclic amines) is 1. The van der Waals surface area contributed by atoms with Crippen LogP contribution in [0.1, 0.15) is 55.7 Å². The molecule has 27 heavy (non-hydrogen) atoms. The quantitative estimate of drug-likeness (QED) is 0.812. The zero-order valence-corrected chi connectivity index (χ0v) is 16.1. The third kappa shape index (κ3) is 2.76. The highest BCUT2D eigenvalue weighted by Gasteiger charge is 2.51. The molecule has 0 N–H and O–H groups in total. The zero-order chi connectivity index (χ0) is 18.4. The Hall–Kier alpha value is -2.27. The molecule has 0 amide bonds. The van der Waals surface area contributed by atoms with Gasteiger partial charge in [-0.1, -0.05) is 25.1 Å². The maximum Gasteiger partial charge on any atom is 0.200 e. The van der Waals surface area contributed by atoms with Crippen molar-refractivity contribution in [2.45, 2.75) is 51.3 Å². The fourth-order valence-electron chi connectivity index (χ4n) is 4.74. The van der Waals surface area contributed by atoms with E-state index in [4.69, 9.17) is 14.3 Å². The van der Waals surface area contributed by atoms with Gasteiger partial charge >= 0.3 is 0 Å². The topological polar surface area (TPSA) is 41.2 Å². The minimum absolute atomic E-state index is 0.230. The number of furan rings is 1. The van der Waals surface area contributed by atoms with Crippen molar-refractivity contribution in [1.29, 1.82) is 0 Å². The largest absolute Gasteiger partial charge is 0.466 e. The summed E-state index contributed by atoms with van der Waals surface area (Å²) in [6.07, 6.45) is 4.02. The standard InChI is InChI=1S/C22H27N3O2/c1-3-12-24-13-10-22(11-14-24)25-19(17-6-4-5-7-20(17)27-22)15-18(23-25)21-9-8-16(2)26-21/h4-9,19H,3,10-15H2,1-2H3/t19-/m1/s1. The summed E-state index contributed by atoms with van der Waals surface area (Å²) >= 11 is 0. The molecular formula is C22H27N3O2. The van der Waals surface area contributed by atoms with E-state index in [1.54, 1.807) is 0 Å². The lowest BCUT2D eigenvalue weighted by atomic mass is 9.91. The number of benzene rings is 1. The van der Waals surface area contributed by atoms with E-state index >= 15 is 0 Å². The van der Waals surface area contributed by atoms with Gasteiger partial charge in [0.25, 0.3) is 0 Å². The van der Waals surface area contributed by atoms with Crippen LogP contribution in [0.3, 0.4) is 0 Å². The third-order valence-electron chi connectivity index (χ3n) is 6.11. The minimum Gasteiger partial charge on any atom is -0.466 e. The molecule has 1 saturated heterocycles. The number of hydrogen-bond acceptors (Lipinski definition) is 5. The van der Waals surface area contributed by atoms with E-state index in [2.05, 4.69) is 41.1 Å². The van der Waals surface area contributed by atoms with Crippen LogP contribution in [0, 0.1) is 6.92 Å². The van der Waals surface area contributed by atoms with Crippen molar-refractivity contribution >= 4 is 5.71 Å². The number of nitrogens with zero attached hydrogens (tertiary/aromatic N) is 3. The van der Waals surface area contributed by atoms with Crippen LogP contribution >= 0.6 is 0 Å². The predicted molar refractivity (Wildman–Crippen MR) is 105 cm³/mol. The number of rotatable bonds is 3. The summed E-state index contributed by atoms with van der Waals surface area (Å²) in [4.78, 5) is 2.54. The molecule has 5 heteroatoms. The first kappa shape index (κ1) is 16.9. The Kier molecular flexibility index (Phi) is 4.01. The average Bonchev–Trinajstić information content (AvgIpc) is 3.31. The van der Waals surface area contributed by atoms with E-state index in [-0.39, 0.29) is 11.8 Å². The second-order valence-electron chi connectivity index (χ2n) is 7.95. The average molecular weight is 365 g/mol. The van der Waals surface area contributed by atoms with Gasteiger partial charge in [0.15, 0.2) is 0 Å². The summed E-state index contributed by atoms with van der Waals surface area (Å²) in [5, 5.41) is 7.31. The molecule has 1 aromatic carbocycles. The smallest absolute Gasteiger partial charge is 0.200 e. The van der Waals surface area contributed by atoms with Crippen molar-refractivity contribution in [3.8, 4) is 5.75 Å². The lowest BCUT2D eigenvalue weighted by molar-refractivity contribution is -0.149. The highest BCUT2D eigenvalue weighted by molar-refractivity contribution is 5.99. The molecule has 1 spiro atoms. The van der Waals surface area contributed by atoms with Gasteiger partial charge in [0, 0.05) is 37.9 Å². The summed E-state index contributed by atoms with van der Waals surface area (Å²) < 4.78 is 12.5. The normalized spacial score (nSPS) is 23.7. The number of piperidine rings is 1. The molecule has 0 aliphatic carbocycles. The van der Waals surface area contributed by atoms with E-state index in [0.717, 1.165) is 61.9 Å². The van der Waals surface area contributed by atoms with Gasteiger partial charge in [0.2, 0.25) is 5.72 Å². The summed E-state index contributed by atoms with van der Waals surface area (Å²) in [7, 11) is 0. The second kappa shape index (κ2) is 6.41. The van der Waals surface area contributed by atoms with Gasteiger partial charge < -0.3 is 14.1 Å². The van der Waals surface area contributed by atoms with E-state index in [1.165, 1.54) is 12.0 Å². The van der Waals surface area contributed by atoms with Crippen molar-refractivity contribution in [2.75, 3.05) is 19.6 Å². The molecule has 1 aromatic heterocycles. The number of fused-ring (bicyclic) bond motifs is 4. The van der Waals surface area contributed by atoms with Crippen LogP contribution in [-0.4, -0.2) is 41.0 Å². The van der Waals surface area contributed by atoms with Crippen LogP contribution in [0.4, 0.5) is 0 Å². The Labute approximate surface area is 160 Å². The Morgan fingerprint density at radius 2 is 1.96 bits per heavy atom. The molecular weight excluding hydrogens is 338 g/mol. The van der Waals surface area contributed by atoms with Gasteiger partial charge in [-0.15, -0.1) is 0 Å². The molecule has 5 nitrogen and oxygen atoms in total. The Morgan fingerprint density at radius 1 is 1.15 bits per heavy atom. The van der Waals surface area contributed by atoms with Crippen molar-refractivity contribution in [3.63, 3.8) is 0 Å². The van der Waals surface area contributed by atoms with Gasteiger partial charge in [-0.25, -0.2) is 5.01 Å². The molecule has 0 radical (unpaired) electrons. The molecule has 1 fully saturated rings. The lowest BCUT2D eigenvalue weighted by Gasteiger charge is -2.51. The van der Waals surface area contributed by atoms with Crippen LogP contribution in [0.5, 0.6) is 5.75 Å². The number of aryl methyl sites for hydroxylation is 1. The van der Waals surface area contributed by atoms with Crippen molar-refractivity contribution in [3.05, 3.63) is 53.5 Å². The molecule has 0 saturated carbocycles. The Bertz CT molecular complexity index is 864. The second-order valence-corrected chi connectivity index (χ2v) is 7.95. The third-order valence-corrected chi connectivity index (χ3v) is 6.11. The van der Waals surface area contributed by atoms with Crippen LogP contribution in [0.25, 0.3) is 0 Å². The van der Waals surface area contributed by atoms with Gasteiger partial charge in [-0.05, 0) is 38.1 Å². The first-order valence-electron chi connectivity index (χ1n) is 10.1. The summed E-state index contributed by atoms with van der Waals surface area (Å²) in [5.74, 6) is 2.84. The molecule has 3 aliphatic rings. The molecule has 0 bridgehead atoms. The van der Waals surface area contributed by atoms with Gasteiger partial charge in [0.1, 0.15) is 23.0 Å². The molecule has 0 unspecified atom stereocenters. The first-order chi connectivity index (χ1) is 13.2. The number of para-hydroxylation sites is 1. The van der Waals surface area contributed by atoms with E-state index < -0.39 is 0 Å². The van der Waals surface area contributed by atoms with Crippen LogP contribution in [0.15, 0.2) is 45.9 Å². The van der Waals surface area contributed by atoms with E-state index in [1.807, 2.05) is 19.1 Å². The monoisotopic (exact) mass is 365 g/mol. The van der Waals surface area contributed by atoms with Gasteiger partial charge in [-0.2, -0.15) is 5.10 Å². The fourth-order valence-corrected chi connectivity index (χ4v) is 4.74. The van der Waals surface area contributed by atoms with Crippen molar-refractivity contribution in [1.82, 2.24) is 9.91 Å². The van der Waals surface area contributed by atoms with E-state index in [9.17, 15) is 0 Å². The molecule has 3 aliphatic heterocycles. The maximum atomic E-state index is 6.65. The van der Waals surface area contributed by atoms with E-state index in [0.29, 0.717) is 0 Å². The Balaban J connectivity index is 1.51.